The van der Waals surface area contributed by atoms with Gasteiger partial charge in [0.1, 0.15) is 5.82 Å². The van der Waals surface area contributed by atoms with E-state index < -0.39 is 24.0 Å². The second-order valence-corrected chi connectivity index (χ2v) is 7.20. The number of nitrogens with one attached hydrogen (secondary N) is 1. The molecule has 10 heteroatoms. The molecule has 5 atom stereocenters. The molecule has 0 saturated heterocycles. The smallest absolute Gasteiger partial charge is 0.374 e. The molecule has 148 valence electrons. The second kappa shape index (κ2) is 7.36. The van der Waals surface area contributed by atoms with Gasteiger partial charge in [0, 0.05) is 38.4 Å². The van der Waals surface area contributed by atoms with Gasteiger partial charge < -0.3 is 20.7 Å². The molecule has 4 N–H and O–H groups in total. The summed E-state index contributed by atoms with van der Waals surface area (Å²) in [5.41, 5.74) is 2.97. The number of halogens is 4. The molecule has 26 heavy (non-hydrogen) atoms. The maximum atomic E-state index is 13.4. The van der Waals surface area contributed by atoms with Gasteiger partial charge in [0.25, 0.3) is 0 Å². The SMILES string of the molecule is Cl.Cn1ccnc1C(O)(CCNC(=O)C1C2CCC(C2)C1N)C(F)(F)F. The van der Waals surface area contributed by atoms with Crippen LogP contribution in [0.25, 0.3) is 0 Å². The van der Waals surface area contributed by atoms with Gasteiger partial charge in [-0.3, -0.25) is 4.79 Å². The number of nitrogens with two attached hydrogens (primary N) is 1. The molecule has 2 bridgehead atoms. The molecule has 2 aliphatic rings. The summed E-state index contributed by atoms with van der Waals surface area (Å²) in [6, 6.07) is -0.227. The first-order valence-corrected chi connectivity index (χ1v) is 8.45. The summed E-state index contributed by atoms with van der Waals surface area (Å²) in [6.07, 6.45) is -0.210. The molecule has 3 rings (SSSR count). The van der Waals surface area contributed by atoms with Crippen molar-refractivity contribution in [3.8, 4) is 0 Å². The lowest BCUT2D eigenvalue weighted by Gasteiger charge is -2.31. The Hall–Kier alpha value is -1.32. The third-order valence-corrected chi connectivity index (χ3v) is 5.73. The highest BCUT2D eigenvalue weighted by molar-refractivity contribution is 5.85. The monoisotopic (exact) mass is 396 g/mol. The van der Waals surface area contributed by atoms with Crippen LogP contribution >= 0.6 is 12.4 Å². The van der Waals surface area contributed by atoms with Crippen LogP contribution in [0.4, 0.5) is 13.2 Å². The van der Waals surface area contributed by atoms with Crippen molar-refractivity contribution in [2.24, 2.45) is 30.5 Å². The second-order valence-electron chi connectivity index (χ2n) is 7.20. The van der Waals surface area contributed by atoms with Crippen molar-refractivity contribution in [2.75, 3.05) is 6.54 Å². The predicted molar refractivity (Wildman–Crippen MR) is 90.3 cm³/mol. The molecule has 0 aromatic carbocycles. The quantitative estimate of drug-likeness (QED) is 0.702. The molecule has 1 aromatic heterocycles. The van der Waals surface area contributed by atoms with E-state index in [0.717, 1.165) is 23.8 Å². The fourth-order valence-electron chi connectivity index (χ4n) is 4.35. The van der Waals surface area contributed by atoms with Gasteiger partial charge in [0.15, 0.2) is 0 Å². The van der Waals surface area contributed by atoms with Crippen LogP contribution in [0.1, 0.15) is 31.5 Å². The Morgan fingerprint density at radius 2 is 2.08 bits per heavy atom. The Bertz CT molecular complexity index is 652. The number of aryl methyl sites for hydroxylation is 1. The number of alkyl halides is 3. The van der Waals surface area contributed by atoms with Gasteiger partial charge in [-0.25, -0.2) is 4.98 Å². The van der Waals surface area contributed by atoms with E-state index in [-0.39, 0.29) is 42.7 Å². The molecule has 5 unspecified atom stereocenters. The van der Waals surface area contributed by atoms with Crippen LogP contribution in [0.2, 0.25) is 0 Å². The van der Waals surface area contributed by atoms with Crippen molar-refractivity contribution in [3.63, 3.8) is 0 Å². The predicted octanol–water partition coefficient (Wildman–Crippen LogP) is 1.47. The summed E-state index contributed by atoms with van der Waals surface area (Å²) < 4.78 is 41.4. The summed E-state index contributed by atoms with van der Waals surface area (Å²) >= 11 is 0. The number of imidazole rings is 1. The number of rotatable bonds is 5. The number of fused-ring (bicyclic) bond motifs is 2. The molecule has 2 aliphatic carbocycles. The molecule has 1 aromatic rings. The Morgan fingerprint density at radius 1 is 1.42 bits per heavy atom. The highest BCUT2D eigenvalue weighted by atomic mass is 35.5. The van der Waals surface area contributed by atoms with E-state index in [1.54, 1.807) is 0 Å². The van der Waals surface area contributed by atoms with Gasteiger partial charge in [-0.15, -0.1) is 12.4 Å². The lowest BCUT2D eigenvalue weighted by molar-refractivity contribution is -0.272. The Labute approximate surface area is 155 Å². The van der Waals surface area contributed by atoms with Crippen LogP contribution in [-0.4, -0.2) is 39.3 Å². The normalized spacial score (nSPS) is 29.9. The molecule has 1 heterocycles. The minimum Gasteiger partial charge on any atom is -0.374 e. The fraction of sp³-hybridized carbons (Fsp3) is 0.750. The van der Waals surface area contributed by atoms with Crippen LogP contribution in [0.5, 0.6) is 0 Å². The molecule has 1 amide bonds. The topological polar surface area (TPSA) is 93.2 Å². The van der Waals surface area contributed by atoms with Crippen LogP contribution in [0.3, 0.4) is 0 Å². The minimum absolute atomic E-state index is 0. The van der Waals surface area contributed by atoms with Crippen LogP contribution in [0.15, 0.2) is 12.4 Å². The van der Waals surface area contributed by atoms with Crippen molar-refractivity contribution < 1.29 is 23.1 Å². The third kappa shape index (κ3) is 3.44. The molecule has 0 aliphatic heterocycles. The highest BCUT2D eigenvalue weighted by Crippen LogP contribution is 2.47. The van der Waals surface area contributed by atoms with E-state index in [0.29, 0.717) is 5.92 Å². The summed E-state index contributed by atoms with van der Waals surface area (Å²) in [6.45, 7) is -0.303. The summed E-state index contributed by atoms with van der Waals surface area (Å²) in [7, 11) is 1.38. The van der Waals surface area contributed by atoms with Crippen molar-refractivity contribution in [2.45, 2.75) is 43.5 Å². The van der Waals surface area contributed by atoms with Gasteiger partial charge >= 0.3 is 6.18 Å². The standard InChI is InChI=1S/C16H23F3N4O2.ClH/c1-23-7-6-22-14(23)15(25,16(17,18)19)4-5-21-13(24)11-9-2-3-10(8-9)12(11)20;/h6-7,9-12,25H,2-5,8,20H2,1H3,(H,21,24);1H. The van der Waals surface area contributed by atoms with Crippen molar-refractivity contribution in [1.29, 1.82) is 0 Å². The zero-order valence-electron chi connectivity index (χ0n) is 14.4. The lowest BCUT2D eigenvalue weighted by Crippen LogP contribution is -2.49. The maximum Gasteiger partial charge on any atom is 0.424 e. The van der Waals surface area contributed by atoms with E-state index in [2.05, 4.69) is 10.3 Å². The van der Waals surface area contributed by atoms with E-state index in [4.69, 9.17) is 5.73 Å². The molecule has 6 nitrogen and oxygen atoms in total. The number of aliphatic hydroxyl groups is 1. The van der Waals surface area contributed by atoms with Gasteiger partial charge in [-0.2, -0.15) is 13.2 Å². The van der Waals surface area contributed by atoms with Crippen molar-refractivity contribution in [1.82, 2.24) is 14.9 Å². The average molecular weight is 397 g/mol. The van der Waals surface area contributed by atoms with E-state index >= 15 is 0 Å². The van der Waals surface area contributed by atoms with E-state index in [9.17, 15) is 23.1 Å². The Balaban J connectivity index is 0.00000243. The number of aromatic nitrogens is 2. The molecular weight excluding hydrogens is 373 g/mol. The summed E-state index contributed by atoms with van der Waals surface area (Å²) in [4.78, 5) is 16.0. The first-order chi connectivity index (χ1) is 11.6. The first-order valence-electron chi connectivity index (χ1n) is 8.45. The Kier molecular flexibility index (Phi) is 5.94. The number of carbonyl (C=O) groups excluding carboxylic acids is 1. The van der Waals surface area contributed by atoms with Crippen molar-refractivity contribution >= 4 is 18.3 Å². The van der Waals surface area contributed by atoms with E-state index in [1.165, 1.54) is 19.4 Å². The van der Waals surface area contributed by atoms with Crippen molar-refractivity contribution in [3.05, 3.63) is 18.2 Å². The zero-order chi connectivity index (χ0) is 18.4. The molecular formula is C16H24ClF3N4O2. The molecule has 2 saturated carbocycles. The largest absolute Gasteiger partial charge is 0.424 e. The number of hydrogen-bond donors (Lipinski definition) is 3. The summed E-state index contributed by atoms with van der Waals surface area (Å²) in [5.74, 6) is -0.600. The average Bonchev–Trinajstić information content (AvgIpc) is 3.21. The fourth-order valence-corrected chi connectivity index (χ4v) is 4.35. The Morgan fingerprint density at radius 3 is 2.58 bits per heavy atom. The van der Waals surface area contributed by atoms with Crippen LogP contribution in [-0.2, 0) is 17.4 Å². The molecule has 2 fully saturated rings. The van der Waals surface area contributed by atoms with Gasteiger partial charge in [0.05, 0.1) is 5.92 Å². The third-order valence-electron chi connectivity index (χ3n) is 5.73. The number of hydrogen-bond acceptors (Lipinski definition) is 4. The number of carbonyl (C=O) groups is 1. The van der Waals surface area contributed by atoms with Crippen LogP contribution in [0, 0.1) is 17.8 Å². The maximum absolute atomic E-state index is 13.4. The van der Waals surface area contributed by atoms with Gasteiger partial charge in [-0.1, -0.05) is 0 Å². The van der Waals surface area contributed by atoms with Gasteiger partial charge in [-0.05, 0) is 31.1 Å². The van der Waals surface area contributed by atoms with Gasteiger partial charge in [0.2, 0.25) is 11.5 Å². The minimum atomic E-state index is -4.90. The zero-order valence-corrected chi connectivity index (χ0v) is 15.2. The van der Waals surface area contributed by atoms with Crippen LogP contribution < -0.4 is 11.1 Å². The lowest BCUT2D eigenvalue weighted by atomic mass is 9.84. The molecule has 0 radical (unpaired) electrons. The molecule has 0 spiro atoms. The first kappa shape index (κ1) is 21.0. The van der Waals surface area contributed by atoms with E-state index in [1.807, 2.05) is 0 Å². The number of amides is 1. The number of nitrogens with zero attached hydrogens (tertiary/aromatic N) is 2. The highest BCUT2D eigenvalue weighted by Gasteiger charge is 2.57. The summed E-state index contributed by atoms with van der Waals surface area (Å²) in [5, 5.41) is 12.8.